The average Bonchev–Trinajstić information content (AvgIpc) is 2.83. The Kier molecular flexibility index (Phi) is 7.67. The number of benzene rings is 1. The van der Waals surface area contributed by atoms with Crippen LogP contribution in [0.25, 0.3) is 0 Å². The molecular formula is C22H35N7O3S. The SMILES string of the molecule is CN1CCN(S(=O)(=O)c2cccc(C3(N)N=CC=C(NCCCN4CCOCC4)N3)c2)CC1. The van der Waals surface area contributed by atoms with Gasteiger partial charge in [0.1, 0.15) is 5.82 Å². The van der Waals surface area contributed by atoms with Crippen molar-refractivity contribution in [3.05, 3.63) is 41.7 Å². The molecule has 0 saturated carbocycles. The van der Waals surface area contributed by atoms with Crippen LogP contribution in [-0.4, -0.2) is 101 Å². The Balaban J connectivity index is 1.37. The number of nitrogens with zero attached hydrogens (tertiary/aromatic N) is 4. The summed E-state index contributed by atoms with van der Waals surface area (Å²) in [4.78, 5) is 9.18. The smallest absolute Gasteiger partial charge is 0.243 e. The molecule has 1 aromatic rings. The average molecular weight is 478 g/mol. The first-order valence-electron chi connectivity index (χ1n) is 11.5. The van der Waals surface area contributed by atoms with Crippen LogP contribution < -0.4 is 16.4 Å². The van der Waals surface area contributed by atoms with Gasteiger partial charge in [0.25, 0.3) is 0 Å². The Labute approximate surface area is 196 Å². The second-order valence-corrected chi connectivity index (χ2v) is 10.7. The van der Waals surface area contributed by atoms with E-state index in [2.05, 4.69) is 25.4 Å². The minimum atomic E-state index is -3.59. The van der Waals surface area contributed by atoms with E-state index in [1.54, 1.807) is 30.5 Å². The molecule has 0 radical (unpaired) electrons. The lowest BCUT2D eigenvalue weighted by molar-refractivity contribution is 0.0375. The van der Waals surface area contributed by atoms with Crippen molar-refractivity contribution in [2.75, 3.05) is 72.6 Å². The van der Waals surface area contributed by atoms with Gasteiger partial charge in [0, 0.05) is 57.6 Å². The molecule has 1 unspecified atom stereocenters. The van der Waals surface area contributed by atoms with Crippen LogP contribution in [0.3, 0.4) is 0 Å². The maximum Gasteiger partial charge on any atom is 0.243 e. The fourth-order valence-corrected chi connectivity index (χ4v) is 5.65. The molecule has 2 saturated heterocycles. The number of aliphatic imine (C=N–C) groups is 1. The molecule has 11 heteroatoms. The van der Waals surface area contributed by atoms with Gasteiger partial charge in [0.2, 0.25) is 15.8 Å². The van der Waals surface area contributed by atoms with Crippen LogP contribution in [0.1, 0.15) is 12.0 Å². The van der Waals surface area contributed by atoms with Crippen LogP contribution in [-0.2, 0) is 20.5 Å². The van der Waals surface area contributed by atoms with Crippen LogP contribution in [0.2, 0.25) is 0 Å². The van der Waals surface area contributed by atoms with Crippen LogP contribution in [0, 0.1) is 0 Å². The third-order valence-corrected chi connectivity index (χ3v) is 8.18. The zero-order valence-corrected chi connectivity index (χ0v) is 20.1. The maximum absolute atomic E-state index is 13.2. The Morgan fingerprint density at radius 1 is 1.18 bits per heavy atom. The lowest BCUT2D eigenvalue weighted by Crippen LogP contribution is -2.52. The van der Waals surface area contributed by atoms with Crippen molar-refractivity contribution < 1.29 is 13.2 Å². The second kappa shape index (κ2) is 10.5. The zero-order chi connectivity index (χ0) is 23.3. The van der Waals surface area contributed by atoms with E-state index in [-0.39, 0.29) is 4.90 Å². The molecular weight excluding hydrogens is 442 g/mol. The summed E-state index contributed by atoms with van der Waals surface area (Å²) in [5.74, 6) is -0.476. The van der Waals surface area contributed by atoms with Gasteiger partial charge in [-0.1, -0.05) is 12.1 Å². The summed E-state index contributed by atoms with van der Waals surface area (Å²) in [6, 6.07) is 6.76. The standard InChI is InChI=1S/C22H35N7O3S/c1-27-10-12-29(13-11-27)33(30,31)20-5-2-4-19(18-20)22(23)25-8-6-21(26-22)24-7-3-9-28-14-16-32-17-15-28/h2,4-6,8,18,24,26H,3,7,9-17,23H2,1H3. The van der Waals surface area contributed by atoms with Crippen LogP contribution >= 0.6 is 0 Å². The van der Waals surface area contributed by atoms with Crippen molar-refractivity contribution in [2.45, 2.75) is 17.1 Å². The van der Waals surface area contributed by atoms with Gasteiger partial charge in [-0.25, -0.2) is 13.4 Å². The molecule has 1 aromatic carbocycles. The largest absolute Gasteiger partial charge is 0.379 e. The van der Waals surface area contributed by atoms with Gasteiger partial charge < -0.3 is 20.3 Å². The normalized spacial score (nSPS) is 25.5. The predicted molar refractivity (Wildman–Crippen MR) is 128 cm³/mol. The number of hydrogen-bond donors (Lipinski definition) is 3. The van der Waals surface area contributed by atoms with Crippen molar-refractivity contribution in [3.63, 3.8) is 0 Å². The van der Waals surface area contributed by atoms with Gasteiger partial charge in [-0.3, -0.25) is 10.6 Å². The van der Waals surface area contributed by atoms with E-state index in [0.29, 0.717) is 18.7 Å². The van der Waals surface area contributed by atoms with E-state index in [0.717, 1.165) is 64.7 Å². The van der Waals surface area contributed by atoms with E-state index < -0.39 is 15.8 Å². The number of ether oxygens (including phenoxy) is 1. The topological polar surface area (TPSA) is 116 Å². The molecule has 10 nitrogen and oxygen atoms in total. The summed E-state index contributed by atoms with van der Waals surface area (Å²) in [5.41, 5.74) is 7.17. The Bertz CT molecular complexity index is 970. The first kappa shape index (κ1) is 24.1. The molecule has 3 aliphatic heterocycles. The van der Waals surface area contributed by atoms with E-state index in [9.17, 15) is 8.42 Å². The summed E-state index contributed by atoms with van der Waals surface area (Å²) in [5, 5.41) is 6.61. The molecule has 182 valence electrons. The van der Waals surface area contributed by atoms with Gasteiger partial charge >= 0.3 is 0 Å². The second-order valence-electron chi connectivity index (χ2n) is 8.72. The maximum atomic E-state index is 13.2. The monoisotopic (exact) mass is 477 g/mol. The Morgan fingerprint density at radius 2 is 1.94 bits per heavy atom. The highest BCUT2D eigenvalue weighted by Crippen LogP contribution is 2.25. The van der Waals surface area contributed by atoms with E-state index in [1.807, 2.05) is 13.1 Å². The lowest BCUT2D eigenvalue weighted by atomic mass is 10.1. The number of nitrogens with two attached hydrogens (primary N) is 1. The molecule has 2 fully saturated rings. The first-order chi connectivity index (χ1) is 15.9. The van der Waals surface area contributed by atoms with E-state index in [1.165, 1.54) is 4.31 Å². The zero-order valence-electron chi connectivity index (χ0n) is 19.2. The van der Waals surface area contributed by atoms with E-state index >= 15 is 0 Å². The number of morpholine rings is 1. The van der Waals surface area contributed by atoms with Gasteiger partial charge in [-0.15, -0.1) is 0 Å². The molecule has 4 N–H and O–H groups in total. The van der Waals surface area contributed by atoms with Gasteiger partial charge in [-0.2, -0.15) is 4.31 Å². The fourth-order valence-electron chi connectivity index (χ4n) is 4.18. The number of piperazine rings is 1. The molecule has 33 heavy (non-hydrogen) atoms. The highest BCUT2D eigenvalue weighted by atomic mass is 32.2. The number of nitrogens with one attached hydrogen (secondary N) is 2. The van der Waals surface area contributed by atoms with Gasteiger partial charge in [0.15, 0.2) is 0 Å². The molecule has 0 amide bonds. The molecule has 0 aliphatic carbocycles. The van der Waals surface area contributed by atoms with Gasteiger partial charge in [0.05, 0.1) is 18.1 Å². The quantitative estimate of drug-likeness (QED) is 0.430. The molecule has 3 heterocycles. The third kappa shape index (κ3) is 5.92. The fraction of sp³-hybridized carbons (Fsp3) is 0.591. The summed E-state index contributed by atoms with van der Waals surface area (Å²) in [7, 11) is -1.59. The van der Waals surface area contributed by atoms with Gasteiger partial charge in [-0.05, 0) is 38.2 Å². The molecule has 1 atom stereocenters. The van der Waals surface area contributed by atoms with Crippen LogP contribution in [0.5, 0.6) is 0 Å². The highest BCUT2D eigenvalue weighted by Gasteiger charge is 2.32. The molecule has 0 bridgehead atoms. The number of rotatable bonds is 8. The summed E-state index contributed by atoms with van der Waals surface area (Å²) in [6.45, 7) is 7.76. The Morgan fingerprint density at radius 3 is 2.70 bits per heavy atom. The van der Waals surface area contributed by atoms with Crippen molar-refractivity contribution in [1.29, 1.82) is 0 Å². The van der Waals surface area contributed by atoms with E-state index in [4.69, 9.17) is 10.5 Å². The minimum Gasteiger partial charge on any atom is -0.379 e. The Hall–Kier alpha value is -2.02. The molecule has 0 aromatic heterocycles. The summed E-state index contributed by atoms with van der Waals surface area (Å²) < 4.78 is 33.3. The minimum absolute atomic E-state index is 0.237. The van der Waals surface area contributed by atoms with Crippen LogP contribution in [0.4, 0.5) is 0 Å². The lowest BCUT2D eigenvalue weighted by Gasteiger charge is -2.33. The van der Waals surface area contributed by atoms with Crippen molar-refractivity contribution >= 4 is 16.2 Å². The summed E-state index contributed by atoms with van der Waals surface area (Å²) in [6.07, 6.45) is 4.49. The first-order valence-corrected chi connectivity index (χ1v) is 13.0. The molecule has 4 rings (SSSR count). The summed E-state index contributed by atoms with van der Waals surface area (Å²) >= 11 is 0. The third-order valence-electron chi connectivity index (χ3n) is 6.29. The predicted octanol–water partition coefficient (Wildman–Crippen LogP) is -0.481. The molecule has 3 aliphatic rings. The number of hydrogen-bond acceptors (Lipinski definition) is 9. The number of allylic oxidation sites excluding steroid dienone is 1. The highest BCUT2D eigenvalue weighted by molar-refractivity contribution is 7.89. The number of likely N-dealkylation sites (N-methyl/N-ethyl adjacent to an activating group) is 1. The van der Waals surface area contributed by atoms with Crippen LogP contribution in [0.15, 0.2) is 46.1 Å². The molecule has 0 spiro atoms. The van der Waals surface area contributed by atoms with Crippen molar-refractivity contribution in [1.82, 2.24) is 24.7 Å². The van der Waals surface area contributed by atoms with Crippen molar-refractivity contribution in [3.8, 4) is 0 Å². The number of sulfonamides is 1. The van der Waals surface area contributed by atoms with Crippen molar-refractivity contribution in [2.24, 2.45) is 10.7 Å².